The predicted octanol–water partition coefficient (Wildman–Crippen LogP) is 4.74. The van der Waals surface area contributed by atoms with Crippen molar-refractivity contribution in [2.45, 2.75) is 38.6 Å². The first-order chi connectivity index (χ1) is 11.5. The van der Waals surface area contributed by atoms with Crippen LogP contribution in [-0.4, -0.2) is 48.9 Å². The van der Waals surface area contributed by atoms with E-state index in [2.05, 4.69) is 16.7 Å². The van der Waals surface area contributed by atoms with Crippen LogP contribution in [0.5, 0.6) is 0 Å². The highest BCUT2D eigenvalue weighted by molar-refractivity contribution is 6.30. The monoisotopic (exact) mass is 384 g/mol. The van der Waals surface area contributed by atoms with E-state index >= 15 is 0 Å². The number of carbonyl (C=O) groups is 1. The third-order valence-corrected chi connectivity index (χ3v) is 5.00. The van der Waals surface area contributed by atoms with E-state index in [1.165, 1.54) is 12.8 Å². The van der Waals surface area contributed by atoms with Gasteiger partial charge in [-0.3, -0.25) is 4.79 Å². The molecule has 5 heteroatoms. The van der Waals surface area contributed by atoms with Crippen LogP contribution in [0, 0.1) is 5.92 Å². The molecular weight excluding hydrogens is 355 g/mol. The minimum absolute atomic E-state index is 0. The van der Waals surface area contributed by atoms with Crippen molar-refractivity contribution in [1.82, 2.24) is 9.80 Å². The van der Waals surface area contributed by atoms with Gasteiger partial charge in [-0.05, 0) is 69.5 Å². The third-order valence-electron chi connectivity index (χ3n) is 4.76. The SMILES string of the molecule is CN(C)CCN(C(=O)/C=C/c1cccc(Cl)c1)[C@H]1CC[C@H](C)CC1.Cl. The summed E-state index contributed by atoms with van der Waals surface area (Å²) >= 11 is 6.01. The highest BCUT2D eigenvalue weighted by atomic mass is 35.5. The van der Waals surface area contributed by atoms with Gasteiger partial charge in [0.05, 0.1) is 0 Å². The largest absolute Gasteiger partial charge is 0.335 e. The molecule has 0 spiro atoms. The van der Waals surface area contributed by atoms with Gasteiger partial charge in [0, 0.05) is 30.2 Å². The van der Waals surface area contributed by atoms with Gasteiger partial charge in [-0.1, -0.05) is 30.7 Å². The molecule has 0 unspecified atom stereocenters. The molecule has 25 heavy (non-hydrogen) atoms. The lowest BCUT2D eigenvalue weighted by molar-refractivity contribution is -0.129. The van der Waals surface area contributed by atoms with Crippen molar-refractivity contribution < 1.29 is 4.79 Å². The summed E-state index contributed by atoms with van der Waals surface area (Å²) in [6.45, 7) is 3.98. The third kappa shape index (κ3) is 7.39. The molecule has 1 saturated carbocycles. The van der Waals surface area contributed by atoms with Crippen LogP contribution >= 0.6 is 24.0 Å². The minimum Gasteiger partial charge on any atom is -0.335 e. The van der Waals surface area contributed by atoms with Gasteiger partial charge in [0.2, 0.25) is 5.91 Å². The Bertz CT molecular complexity index is 567. The highest BCUT2D eigenvalue weighted by Crippen LogP contribution is 2.27. The number of hydrogen-bond acceptors (Lipinski definition) is 2. The first-order valence-corrected chi connectivity index (χ1v) is 9.22. The van der Waals surface area contributed by atoms with Gasteiger partial charge in [0.25, 0.3) is 0 Å². The highest BCUT2D eigenvalue weighted by Gasteiger charge is 2.26. The number of carbonyl (C=O) groups excluding carboxylic acids is 1. The van der Waals surface area contributed by atoms with Crippen molar-refractivity contribution in [1.29, 1.82) is 0 Å². The molecule has 0 aromatic heterocycles. The Balaban J connectivity index is 0.00000312. The van der Waals surface area contributed by atoms with Crippen molar-refractivity contribution in [2.75, 3.05) is 27.2 Å². The Morgan fingerprint density at radius 3 is 2.48 bits per heavy atom. The lowest BCUT2D eigenvalue weighted by atomic mass is 9.86. The smallest absolute Gasteiger partial charge is 0.246 e. The fraction of sp³-hybridized carbons (Fsp3) is 0.550. The van der Waals surface area contributed by atoms with E-state index in [4.69, 9.17) is 11.6 Å². The van der Waals surface area contributed by atoms with Gasteiger partial charge < -0.3 is 9.80 Å². The van der Waals surface area contributed by atoms with E-state index in [-0.39, 0.29) is 18.3 Å². The molecule has 1 aliphatic carbocycles. The molecular formula is C20H30Cl2N2O. The molecule has 3 nitrogen and oxygen atoms in total. The van der Waals surface area contributed by atoms with Crippen molar-refractivity contribution in [3.05, 3.63) is 40.9 Å². The molecule has 0 heterocycles. The molecule has 1 aromatic carbocycles. The fourth-order valence-electron chi connectivity index (χ4n) is 3.21. The van der Waals surface area contributed by atoms with Gasteiger partial charge in [-0.2, -0.15) is 0 Å². The lowest BCUT2D eigenvalue weighted by Gasteiger charge is -2.36. The predicted molar refractivity (Wildman–Crippen MR) is 109 cm³/mol. The van der Waals surface area contributed by atoms with Crippen LogP contribution in [-0.2, 0) is 4.79 Å². The van der Waals surface area contributed by atoms with Gasteiger partial charge >= 0.3 is 0 Å². The van der Waals surface area contributed by atoms with Gasteiger partial charge in [-0.15, -0.1) is 12.4 Å². The van der Waals surface area contributed by atoms with E-state index in [0.29, 0.717) is 11.1 Å². The number of rotatable bonds is 6. The minimum atomic E-state index is 0. The second-order valence-electron chi connectivity index (χ2n) is 7.14. The van der Waals surface area contributed by atoms with Crippen LogP contribution in [0.1, 0.15) is 38.2 Å². The second-order valence-corrected chi connectivity index (χ2v) is 7.57. The Morgan fingerprint density at radius 2 is 1.88 bits per heavy atom. The molecule has 140 valence electrons. The molecule has 0 aliphatic heterocycles. The topological polar surface area (TPSA) is 23.6 Å². The molecule has 0 saturated heterocycles. The number of hydrogen-bond donors (Lipinski definition) is 0. The lowest BCUT2D eigenvalue weighted by Crippen LogP contribution is -2.44. The average Bonchev–Trinajstić information content (AvgIpc) is 2.54. The Morgan fingerprint density at radius 1 is 1.20 bits per heavy atom. The molecule has 2 rings (SSSR count). The summed E-state index contributed by atoms with van der Waals surface area (Å²) in [7, 11) is 4.10. The molecule has 1 aliphatic rings. The normalized spacial score (nSPS) is 20.5. The molecule has 0 atom stereocenters. The van der Waals surface area contributed by atoms with Crippen molar-refractivity contribution in [3.63, 3.8) is 0 Å². The number of likely N-dealkylation sites (N-methyl/N-ethyl adjacent to an activating group) is 1. The maximum absolute atomic E-state index is 12.8. The van der Waals surface area contributed by atoms with Gasteiger partial charge in [-0.25, -0.2) is 0 Å². The first kappa shape index (κ1) is 22.0. The van der Waals surface area contributed by atoms with Crippen LogP contribution in [0.15, 0.2) is 30.3 Å². The standard InChI is InChI=1S/C20H29ClN2O.ClH/c1-16-7-10-19(11-8-16)23(14-13-22(2)3)20(24)12-9-17-5-4-6-18(21)15-17;/h4-6,9,12,15-16,19H,7-8,10-11,13-14H2,1-3H3;1H/b12-9+;/t16-,19-;. The summed E-state index contributed by atoms with van der Waals surface area (Å²) in [5, 5.41) is 0.690. The summed E-state index contributed by atoms with van der Waals surface area (Å²) in [5.41, 5.74) is 0.959. The van der Waals surface area contributed by atoms with Gasteiger partial charge in [0.15, 0.2) is 0 Å². The van der Waals surface area contributed by atoms with Crippen LogP contribution in [0.25, 0.3) is 6.08 Å². The average molecular weight is 385 g/mol. The number of halogens is 2. The van der Waals surface area contributed by atoms with E-state index in [0.717, 1.165) is 37.4 Å². The number of benzene rings is 1. The van der Waals surface area contributed by atoms with Crippen LogP contribution < -0.4 is 0 Å². The van der Waals surface area contributed by atoms with Crippen LogP contribution in [0.2, 0.25) is 5.02 Å². The summed E-state index contributed by atoms with van der Waals surface area (Å²) in [4.78, 5) is 17.0. The Labute approximate surface area is 163 Å². The van der Waals surface area contributed by atoms with Gasteiger partial charge in [0.1, 0.15) is 0 Å². The van der Waals surface area contributed by atoms with Crippen molar-refractivity contribution in [3.8, 4) is 0 Å². The maximum Gasteiger partial charge on any atom is 0.246 e. The summed E-state index contributed by atoms with van der Waals surface area (Å²) in [5.74, 6) is 0.894. The fourth-order valence-corrected chi connectivity index (χ4v) is 3.41. The number of amides is 1. The zero-order chi connectivity index (χ0) is 17.5. The van der Waals surface area contributed by atoms with E-state index in [1.54, 1.807) is 6.08 Å². The quantitative estimate of drug-likeness (QED) is 0.660. The molecule has 0 radical (unpaired) electrons. The summed E-state index contributed by atoms with van der Waals surface area (Å²) in [6, 6.07) is 7.95. The van der Waals surface area contributed by atoms with Crippen LogP contribution in [0.3, 0.4) is 0 Å². The van der Waals surface area contributed by atoms with E-state index < -0.39 is 0 Å². The molecule has 1 amide bonds. The zero-order valence-corrected chi connectivity index (χ0v) is 17.0. The van der Waals surface area contributed by atoms with Crippen LogP contribution in [0.4, 0.5) is 0 Å². The molecule has 1 fully saturated rings. The zero-order valence-electron chi connectivity index (χ0n) is 15.5. The van der Waals surface area contributed by atoms with Crippen molar-refractivity contribution in [2.24, 2.45) is 5.92 Å². The molecule has 0 N–H and O–H groups in total. The molecule has 1 aromatic rings. The second kappa shape index (κ2) is 10.8. The summed E-state index contributed by atoms with van der Waals surface area (Å²) in [6.07, 6.45) is 8.22. The summed E-state index contributed by atoms with van der Waals surface area (Å²) < 4.78 is 0. The first-order valence-electron chi connectivity index (χ1n) is 8.84. The van der Waals surface area contributed by atoms with E-state index in [1.807, 2.05) is 44.4 Å². The Hall–Kier alpha value is -1.03. The molecule has 0 bridgehead atoms. The van der Waals surface area contributed by atoms with E-state index in [9.17, 15) is 4.79 Å². The van der Waals surface area contributed by atoms with Crippen molar-refractivity contribution >= 4 is 36.0 Å². The number of nitrogens with zero attached hydrogens (tertiary/aromatic N) is 2. The maximum atomic E-state index is 12.8. The Kier molecular flexibility index (Phi) is 9.55.